The second-order valence-corrected chi connectivity index (χ2v) is 11.0. The highest BCUT2D eigenvalue weighted by Crippen LogP contribution is 2.33. The maximum absolute atomic E-state index is 13.8. The summed E-state index contributed by atoms with van der Waals surface area (Å²) in [5.74, 6) is 0.691. The molecule has 1 aliphatic carbocycles. The molecule has 0 aliphatic heterocycles. The fraction of sp³-hybridized carbons (Fsp3) is 0.571. The maximum atomic E-state index is 13.8. The first-order valence-corrected chi connectivity index (χ1v) is 9.78. The van der Waals surface area contributed by atoms with Gasteiger partial charge in [0.25, 0.3) is 0 Å². The van der Waals surface area contributed by atoms with E-state index in [0.29, 0.717) is 5.92 Å². The van der Waals surface area contributed by atoms with Crippen molar-refractivity contribution >= 4 is 13.3 Å². The fourth-order valence-electron chi connectivity index (χ4n) is 2.63. The van der Waals surface area contributed by atoms with E-state index in [9.17, 15) is 4.39 Å². The van der Waals surface area contributed by atoms with Crippen molar-refractivity contribution in [3.05, 3.63) is 29.6 Å². The standard InChI is InChI=1S/C14H21FSi/c1-16(2,3)14-10-12(8-9-13(14)15)11-6-4-5-7-11/h8-11H,4-7H2,1-3H3. The molecule has 2 heteroatoms. The molecule has 0 unspecified atom stereocenters. The van der Waals surface area contributed by atoms with Crippen LogP contribution in [0.25, 0.3) is 0 Å². The summed E-state index contributed by atoms with van der Waals surface area (Å²) in [6.45, 7) is 6.64. The molecule has 0 bridgehead atoms. The Morgan fingerprint density at radius 3 is 2.31 bits per heavy atom. The minimum atomic E-state index is -1.54. The molecule has 1 aromatic carbocycles. The summed E-state index contributed by atoms with van der Waals surface area (Å²) in [7, 11) is -1.54. The van der Waals surface area contributed by atoms with Crippen LogP contribution in [-0.4, -0.2) is 8.07 Å². The summed E-state index contributed by atoms with van der Waals surface area (Å²) < 4.78 is 13.8. The summed E-state index contributed by atoms with van der Waals surface area (Å²) >= 11 is 0. The van der Waals surface area contributed by atoms with Crippen LogP contribution < -0.4 is 5.19 Å². The van der Waals surface area contributed by atoms with Gasteiger partial charge in [-0.2, -0.15) is 0 Å². The van der Waals surface area contributed by atoms with Gasteiger partial charge < -0.3 is 0 Å². The molecule has 0 N–H and O–H groups in total. The Hall–Kier alpha value is -0.633. The van der Waals surface area contributed by atoms with Gasteiger partial charge in [-0.15, -0.1) is 0 Å². The van der Waals surface area contributed by atoms with E-state index in [-0.39, 0.29) is 5.82 Å². The Morgan fingerprint density at radius 2 is 1.75 bits per heavy atom. The van der Waals surface area contributed by atoms with E-state index in [2.05, 4.69) is 25.7 Å². The third-order valence-electron chi connectivity index (χ3n) is 3.63. The first kappa shape index (κ1) is 11.8. The lowest BCUT2D eigenvalue weighted by Crippen LogP contribution is -2.40. The van der Waals surface area contributed by atoms with Gasteiger partial charge in [0.1, 0.15) is 5.82 Å². The Bertz CT molecular complexity index is 373. The third-order valence-corrected chi connectivity index (χ3v) is 5.62. The molecule has 0 saturated heterocycles. The Kier molecular flexibility index (Phi) is 3.20. The molecule has 0 aromatic heterocycles. The van der Waals surface area contributed by atoms with Gasteiger partial charge in [-0.1, -0.05) is 44.6 Å². The molecule has 0 atom stereocenters. The van der Waals surface area contributed by atoms with Crippen LogP contribution in [0.4, 0.5) is 4.39 Å². The van der Waals surface area contributed by atoms with Crippen molar-refractivity contribution < 1.29 is 4.39 Å². The lowest BCUT2D eigenvalue weighted by molar-refractivity contribution is 0.632. The lowest BCUT2D eigenvalue weighted by atomic mass is 9.98. The fourth-order valence-corrected chi connectivity index (χ4v) is 4.03. The van der Waals surface area contributed by atoms with Crippen LogP contribution in [0.3, 0.4) is 0 Å². The van der Waals surface area contributed by atoms with Crippen LogP contribution >= 0.6 is 0 Å². The van der Waals surface area contributed by atoms with Gasteiger partial charge in [0.15, 0.2) is 0 Å². The van der Waals surface area contributed by atoms with Crippen LogP contribution in [0, 0.1) is 5.82 Å². The Labute approximate surface area is 98.9 Å². The van der Waals surface area contributed by atoms with Gasteiger partial charge in [-0.05, 0) is 35.6 Å². The molecule has 1 aromatic rings. The van der Waals surface area contributed by atoms with Crippen molar-refractivity contribution in [3.8, 4) is 0 Å². The second kappa shape index (κ2) is 4.32. The van der Waals surface area contributed by atoms with Crippen molar-refractivity contribution in [1.82, 2.24) is 0 Å². The van der Waals surface area contributed by atoms with Crippen LogP contribution in [-0.2, 0) is 0 Å². The molecule has 0 amide bonds. The van der Waals surface area contributed by atoms with Crippen molar-refractivity contribution in [1.29, 1.82) is 0 Å². The average molecular weight is 236 g/mol. The van der Waals surface area contributed by atoms with Crippen molar-refractivity contribution in [2.75, 3.05) is 0 Å². The first-order valence-electron chi connectivity index (χ1n) is 6.28. The number of hydrogen-bond acceptors (Lipinski definition) is 0. The SMILES string of the molecule is C[Si](C)(C)c1cc(C2CCCC2)ccc1F. The van der Waals surface area contributed by atoms with E-state index in [1.54, 1.807) is 6.07 Å². The molecular formula is C14H21FSi. The molecule has 88 valence electrons. The third kappa shape index (κ3) is 2.37. The first-order chi connectivity index (χ1) is 7.48. The largest absolute Gasteiger partial charge is 0.207 e. The number of hydrogen-bond donors (Lipinski definition) is 0. The van der Waals surface area contributed by atoms with Crippen molar-refractivity contribution in [2.45, 2.75) is 51.2 Å². The van der Waals surface area contributed by atoms with Gasteiger partial charge >= 0.3 is 0 Å². The van der Waals surface area contributed by atoms with Gasteiger partial charge in [-0.3, -0.25) is 0 Å². The average Bonchev–Trinajstić information content (AvgIpc) is 2.69. The minimum absolute atomic E-state index is 0.000846. The number of rotatable bonds is 2. The van der Waals surface area contributed by atoms with E-state index in [1.165, 1.54) is 31.2 Å². The molecule has 0 heterocycles. The Balaban J connectivity index is 2.35. The smallest absolute Gasteiger partial charge is 0.122 e. The van der Waals surface area contributed by atoms with Crippen LogP contribution in [0.1, 0.15) is 37.2 Å². The molecule has 1 aliphatic rings. The quantitative estimate of drug-likeness (QED) is 0.680. The predicted molar refractivity (Wildman–Crippen MR) is 70.6 cm³/mol. The van der Waals surface area contributed by atoms with Crippen molar-refractivity contribution in [2.24, 2.45) is 0 Å². The lowest BCUT2D eigenvalue weighted by Gasteiger charge is -2.20. The van der Waals surface area contributed by atoms with E-state index >= 15 is 0 Å². The summed E-state index contributed by atoms with van der Waals surface area (Å²) in [5.41, 5.74) is 1.37. The molecule has 1 fully saturated rings. The van der Waals surface area contributed by atoms with E-state index in [1.807, 2.05) is 6.07 Å². The van der Waals surface area contributed by atoms with E-state index in [4.69, 9.17) is 0 Å². The van der Waals surface area contributed by atoms with Crippen LogP contribution in [0.5, 0.6) is 0 Å². The van der Waals surface area contributed by atoms with Crippen molar-refractivity contribution in [3.63, 3.8) is 0 Å². The predicted octanol–water partition coefficient (Wildman–Crippen LogP) is 4.03. The summed E-state index contributed by atoms with van der Waals surface area (Å²) in [5, 5.41) is 0.997. The normalized spacial score (nSPS) is 18.0. The molecule has 0 radical (unpaired) electrons. The van der Waals surface area contributed by atoms with Gasteiger partial charge in [0, 0.05) is 0 Å². The summed E-state index contributed by atoms with van der Waals surface area (Å²) in [6, 6.07) is 5.83. The monoisotopic (exact) mass is 236 g/mol. The van der Waals surface area contributed by atoms with Crippen LogP contribution in [0.15, 0.2) is 18.2 Å². The summed E-state index contributed by atoms with van der Waals surface area (Å²) in [4.78, 5) is 0. The topological polar surface area (TPSA) is 0 Å². The summed E-state index contributed by atoms with van der Waals surface area (Å²) in [6.07, 6.45) is 5.25. The molecule has 0 nitrogen and oxygen atoms in total. The molecule has 1 saturated carbocycles. The molecule has 16 heavy (non-hydrogen) atoms. The number of halogens is 1. The second-order valence-electron chi connectivity index (χ2n) is 5.97. The van der Waals surface area contributed by atoms with E-state index < -0.39 is 8.07 Å². The minimum Gasteiger partial charge on any atom is -0.207 e. The van der Waals surface area contributed by atoms with Gasteiger partial charge in [-0.25, -0.2) is 4.39 Å². The zero-order valence-corrected chi connectivity index (χ0v) is 11.5. The molecule has 2 rings (SSSR count). The highest BCUT2D eigenvalue weighted by Gasteiger charge is 2.23. The zero-order valence-electron chi connectivity index (χ0n) is 10.5. The highest BCUT2D eigenvalue weighted by atomic mass is 28.3. The van der Waals surface area contributed by atoms with Gasteiger partial charge in [0.05, 0.1) is 8.07 Å². The highest BCUT2D eigenvalue weighted by molar-refractivity contribution is 6.88. The Morgan fingerprint density at radius 1 is 1.12 bits per heavy atom. The zero-order chi connectivity index (χ0) is 11.8. The maximum Gasteiger partial charge on any atom is 0.122 e. The van der Waals surface area contributed by atoms with Crippen LogP contribution in [0.2, 0.25) is 19.6 Å². The molecular weight excluding hydrogens is 215 g/mol. The van der Waals surface area contributed by atoms with Gasteiger partial charge in [0.2, 0.25) is 0 Å². The van der Waals surface area contributed by atoms with E-state index in [0.717, 1.165) is 5.19 Å². The molecule has 0 spiro atoms. The number of benzene rings is 1.